The normalized spacial score (nSPS) is 11.7. The zero-order valence-corrected chi connectivity index (χ0v) is 11.5. The Morgan fingerprint density at radius 3 is 2.78 bits per heavy atom. The number of anilines is 1. The lowest BCUT2D eigenvalue weighted by molar-refractivity contribution is 0.0937. The number of nitrogens with one attached hydrogen (secondary N) is 1. The molecular formula is C13H14Cl2N2O. The van der Waals surface area contributed by atoms with Crippen LogP contribution < -0.4 is 11.1 Å². The van der Waals surface area contributed by atoms with E-state index in [9.17, 15) is 4.79 Å². The van der Waals surface area contributed by atoms with E-state index in [1.807, 2.05) is 6.92 Å². The zero-order chi connectivity index (χ0) is 13.7. The van der Waals surface area contributed by atoms with E-state index >= 15 is 0 Å². The molecule has 1 aromatic rings. The van der Waals surface area contributed by atoms with Crippen LogP contribution in [-0.4, -0.2) is 11.9 Å². The lowest BCUT2D eigenvalue weighted by atomic mass is 10.1. The Hall–Kier alpha value is -1.37. The van der Waals surface area contributed by atoms with Crippen molar-refractivity contribution in [1.82, 2.24) is 5.32 Å². The number of carbonyl (C=O) groups excluding carboxylic acids is 1. The van der Waals surface area contributed by atoms with Crippen molar-refractivity contribution in [2.75, 3.05) is 5.73 Å². The van der Waals surface area contributed by atoms with Gasteiger partial charge in [-0.25, -0.2) is 0 Å². The van der Waals surface area contributed by atoms with E-state index in [0.29, 0.717) is 12.1 Å². The average Bonchev–Trinajstić information content (AvgIpc) is 2.32. The van der Waals surface area contributed by atoms with E-state index in [1.165, 1.54) is 12.1 Å². The fourth-order valence-electron chi connectivity index (χ4n) is 1.48. The number of amides is 1. The summed E-state index contributed by atoms with van der Waals surface area (Å²) >= 11 is 11.8. The van der Waals surface area contributed by atoms with Gasteiger partial charge in [-0.05, 0) is 18.6 Å². The topological polar surface area (TPSA) is 55.1 Å². The molecule has 1 rings (SSSR count). The van der Waals surface area contributed by atoms with Gasteiger partial charge in [-0.2, -0.15) is 0 Å². The molecule has 1 aromatic carbocycles. The first kappa shape index (κ1) is 14.7. The number of benzene rings is 1. The highest BCUT2D eigenvalue weighted by atomic mass is 35.5. The van der Waals surface area contributed by atoms with Crippen LogP contribution in [0.15, 0.2) is 12.1 Å². The number of halogens is 2. The molecule has 3 nitrogen and oxygen atoms in total. The van der Waals surface area contributed by atoms with Gasteiger partial charge in [-0.3, -0.25) is 4.79 Å². The maximum atomic E-state index is 12.0. The molecule has 1 amide bonds. The molecule has 3 N–H and O–H groups in total. The van der Waals surface area contributed by atoms with Gasteiger partial charge in [-0.1, -0.05) is 30.1 Å². The SMILES string of the molecule is C#CCC(CC)NC(=O)c1cc(N)cc(Cl)c1Cl. The van der Waals surface area contributed by atoms with Crippen molar-refractivity contribution < 1.29 is 4.79 Å². The number of hydrogen-bond acceptors (Lipinski definition) is 2. The van der Waals surface area contributed by atoms with Gasteiger partial charge in [-0.15, -0.1) is 12.3 Å². The highest BCUT2D eigenvalue weighted by molar-refractivity contribution is 6.44. The van der Waals surface area contributed by atoms with Gasteiger partial charge in [0.15, 0.2) is 0 Å². The summed E-state index contributed by atoms with van der Waals surface area (Å²) in [7, 11) is 0. The van der Waals surface area contributed by atoms with Crippen molar-refractivity contribution in [2.24, 2.45) is 0 Å². The molecule has 0 aliphatic heterocycles. The minimum Gasteiger partial charge on any atom is -0.399 e. The second-order valence-corrected chi connectivity index (χ2v) is 4.64. The maximum Gasteiger partial charge on any atom is 0.253 e. The molecule has 0 heterocycles. The van der Waals surface area contributed by atoms with Crippen molar-refractivity contribution in [2.45, 2.75) is 25.8 Å². The molecule has 1 atom stereocenters. The van der Waals surface area contributed by atoms with Crippen LogP contribution >= 0.6 is 23.2 Å². The molecule has 0 fully saturated rings. The quantitative estimate of drug-likeness (QED) is 0.659. The number of nitrogens with two attached hydrogens (primary N) is 1. The van der Waals surface area contributed by atoms with Crippen molar-refractivity contribution in [3.8, 4) is 12.3 Å². The summed E-state index contributed by atoms with van der Waals surface area (Å²) in [6.45, 7) is 1.94. The van der Waals surface area contributed by atoms with Gasteiger partial charge in [0.2, 0.25) is 0 Å². The molecule has 5 heteroatoms. The minimum absolute atomic E-state index is 0.0845. The highest BCUT2D eigenvalue weighted by Gasteiger charge is 2.16. The van der Waals surface area contributed by atoms with Crippen LogP contribution in [0.25, 0.3) is 0 Å². The van der Waals surface area contributed by atoms with Gasteiger partial charge >= 0.3 is 0 Å². The molecule has 0 bridgehead atoms. The van der Waals surface area contributed by atoms with Crippen molar-refractivity contribution >= 4 is 34.8 Å². The van der Waals surface area contributed by atoms with Crippen LogP contribution in [0.3, 0.4) is 0 Å². The first-order chi connectivity index (χ1) is 8.49. The Labute approximate surface area is 117 Å². The fraction of sp³-hybridized carbons (Fsp3) is 0.308. The molecule has 0 spiro atoms. The Kier molecular flexibility index (Phi) is 5.33. The summed E-state index contributed by atoms with van der Waals surface area (Å²) < 4.78 is 0. The van der Waals surface area contributed by atoms with E-state index in [1.54, 1.807) is 0 Å². The summed E-state index contributed by atoms with van der Waals surface area (Å²) in [6.07, 6.45) is 6.44. The average molecular weight is 285 g/mol. The van der Waals surface area contributed by atoms with Crippen molar-refractivity contribution in [1.29, 1.82) is 0 Å². The molecule has 96 valence electrons. The van der Waals surface area contributed by atoms with Crippen LogP contribution in [0, 0.1) is 12.3 Å². The van der Waals surface area contributed by atoms with Gasteiger partial charge in [0.1, 0.15) is 0 Å². The second-order valence-electron chi connectivity index (χ2n) is 3.85. The van der Waals surface area contributed by atoms with Crippen LogP contribution in [0.5, 0.6) is 0 Å². The molecule has 0 radical (unpaired) electrons. The van der Waals surface area contributed by atoms with E-state index in [0.717, 1.165) is 6.42 Å². The predicted octanol–water partition coefficient (Wildman–Crippen LogP) is 3.11. The Morgan fingerprint density at radius 1 is 1.56 bits per heavy atom. The third-order valence-electron chi connectivity index (χ3n) is 2.49. The fourth-order valence-corrected chi connectivity index (χ4v) is 1.90. The van der Waals surface area contributed by atoms with Crippen LogP contribution in [0.2, 0.25) is 10.0 Å². The smallest absolute Gasteiger partial charge is 0.253 e. The third-order valence-corrected chi connectivity index (χ3v) is 3.29. The Balaban J connectivity index is 2.94. The molecule has 0 saturated carbocycles. The lowest BCUT2D eigenvalue weighted by Crippen LogP contribution is -2.34. The standard InChI is InChI=1S/C13H14Cl2N2O/c1-3-5-9(4-2)17-13(18)10-6-8(16)7-11(14)12(10)15/h1,6-7,9H,4-5,16H2,2H3,(H,17,18). The maximum absolute atomic E-state index is 12.0. The predicted molar refractivity (Wildman–Crippen MR) is 75.9 cm³/mol. The molecule has 1 unspecified atom stereocenters. The van der Waals surface area contributed by atoms with Crippen LogP contribution in [-0.2, 0) is 0 Å². The van der Waals surface area contributed by atoms with Crippen molar-refractivity contribution in [3.63, 3.8) is 0 Å². The van der Waals surface area contributed by atoms with Gasteiger partial charge < -0.3 is 11.1 Å². The largest absolute Gasteiger partial charge is 0.399 e. The summed E-state index contributed by atoms with van der Waals surface area (Å²) in [6, 6.07) is 2.91. The summed E-state index contributed by atoms with van der Waals surface area (Å²) in [5.74, 6) is 2.19. The number of hydrogen-bond donors (Lipinski definition) is 2. The summed E-state index contributed by atoms with van der Waals surface area (Å²) in [5, 5.41) is 3.25. The van der Waals surface area contributed by atoms with E-state index in [4.69, 9.17) is 35.4 Å². The van der Waals surface area contributed by atoms with Crippen LogP contribution in [0.4, 0.5) is 5.69 Å². The van der Waals surface area contributed by atoms with Crippen molar-refractivity contribution in [3.05, 3.63) is 27.7 Å². The number of terminal acetylenes is 1. The van der Waals surface area contributed by atoms with Gasteiger partial charge in [0, 0.05) is 18.2 Å². The molecule has 0 aromatic heterocycles. The van der Waals surface area contributed by atoms with Gasteiger partial charge in [0.25, 0.3) is 5.91 Å². The Morgan fingerprint density at radius 2 is 2.22 bits per heavy atom. The molecule has 18 heavy (non-hydrogen) atoms. The minimum atomic E-state index is -0.323. The second kappa shape index (κ2) is 6.53. The monoisotopic (exact) mass is 284 g/mol. The molecule has 0 aliphatic rings. The van der Waals surface area contributed by atoms with E-state index in [2.05, 4.69) is 11.2 Å². The molecule has 0 aliphatic carbocycles. The molecular weight excluding hydrogens is 271 g/mol. The number of nitrogen functional groups attached to an aromatic ring is 1. The third kappa shape index (κ3) is 3.56. The van der Waals surface area contributed by atoms with Crippen LogP contribution in [0.1, 0.15) is 30.1 Å². The van der Waals surface area contributed by atoms with Gasteiger partial charge in [0.05, 0.1) is 15.6 Å². The summed E-state index contributed by atoms with van der Waals surface area (Å²) in [5.41, 5.74) is 6.28. The van der Waals surface area contributed by atoms with E-state index in [-0.39, 0.29) is 27.6 Å². The summed E-state index contributed by atoms with van der Waals surface area (Å²) in [4.78, 5) is 12.0. The van der Waals surface area contributed by atoms with E-state index < -0.39 is 0 Å². The zero-order valence-electron chi connectivity index (χ0n) is 9.97. The Bertz CT molecular complexity index is 494. The first-order valence-electron chi connectivity index (χ1n) is 5.48. The molecule has 0 saturated heterocycles. The lowest BCUT2D eigenvalue weighted by Gasteiger charge is -2.15. The highest BCUT2D eigenvalue weighted by Crippen LogP contribution is 2.28. The number of carbonyl (C=O) groups is 1. The first-order valence-corrected chi connectivity index (χ1v) is 6.24. The number of rotatable bonds is 4.